The van der Waals surface area contributed by atoms with Gasteiger partial charge in [0.2, 0.25) is 0 Å². The SMILES string of the molecule is O=C(Nc1ccc(-c2nc3cc(C(=O)NC4[C@@H]5CC6=C[C@H]4C[C@@H](C6)C5)ccc3[nH]2)cc1)c1ccncc1. The summed E-state index contributed by atoms with van der Waals surface area (Å²) in [5.74, 6) is 2.41. The Kier molecular flexibility index (Phi) is 5.16. The summed E-state index contributed by atoms with van der Waals surface area (Å²) in [5.41, 5.74) is 6.02. The topological polar surface area (TPSA) is 99.8 Å². The Morgan fingerprint density at radius 3 is 2.51 bits per heavy atom. The Morgan fingerprint density at radius 1 is 0.892 bits per heavy atom. The van der Waals surface area contributed by atoms with Gasteiger partial charge in [0.05, 0.1) is 11.0 Å². The Bertz CT molecular complexity index is 1540. The maximum absolute atomic E-state index is 13.2. The first kappa shape index (κ1) is 22.0. The number of nitrogens with one attached hydrogen (secondary N) is 3. The Morgan fingerprint density at radius 2 is 1.73 bits per heavy atom. The monoisotopic (exact) mass is 489 g/mol. The highest BCUT2D eigenvalue weighted by atomic mass is 16.2. The summed E-state index contributed by atoms with van der Waals surface area (Å²) < 4.78 is 0. The second kappa shape index (κ2) is 8.69. The second-order valence-electron chi connectivity index (χ2n) is 10.6. The lowest BCUT2D eigenvalue weighted by Crippen LogP contribution is -2.52. The molecule has 2 saturated carbocycles. The van der Waals surface area contributed by atoms with Crippen LogP contribution in [0.5, 0.6) is 0 Å². The third-order valence-electron chi connectivity index (χ3n) is 8.14. The summed E-state index contributed by atoms with van der Waals surface area (Å²) in [4.78, 5) is 37.6. The molecule has 4 atom stereocenters. The third kappa shape index (κ3) is 4.10. The van der Waals surface area contributed by atoms with Gasteiger partial charge in [0.25, 0.3) is 11.8 Å². The minimum atomic E-state index is -0.185. The molecule has 2 heterocycles. The van der Waals surface area contributed by atoms with Gasteiger partial charge in [-0.05, 0) is 98.0 Å². The van der Waals surface area contributed by atoms with Gasteiger partial charge in [0.1, 0.15) is 5.82 Å². The number of carbonyl (C=O) groups is 2. The van der Waals surface area contributed by atoms with Crippen molar-refractivity contribution in [3.8, 4) is 11.4 Å². The highest BCUT2D eigenvalue weighted by molar-refractivity contribution is 6.04. The summed E-state index contributed by atoms with van der Waals surface area (Å²) in [7, 11) is 0. The smallest absolute Gasteiger partial charge is 0.255 e. The second-order valence-corrected chi connectivity index (χ2v) is 10.6. The van der Waals surface area contributed by atoms with Gasteiger partial charge in [-0.15, -0.1) is 0 Å². The highest BCUT2D eigenvalue weighted by Gasteiger charge is 2.44. The average Bonchev–Trinajstić information content (AvgIpc) is 3.35. The van der Waals surface area contributed by atoms with E-state index >= 15 is 0 Å². The number of anilines is 1. The van der Waals surface area contributed by atoms with Crippen molar-refractivity contribution in [2.24, 2.45) is 17.8 Å². The number of aromatic nitrogens is 3. The molecule has 4 aromatic rings. The standard InChI is InChI=1S/C30H27N5O2/c36-29(20-7-9-31-10-8-20)32-24-4-1-19(2-5-24)28-33-25-6-3-21(16-26(25)34-28)30(37)35-27-22-12-17-11-18(14-22)15-23(27)13-17/h1-10,12,16,18,22-23,27H,11,13-15H2,(H,32,36)(H,33,34)(H,35,37)/t18-,22+,23-,27?/m1/s1. The molecule has 2 amide bonds. The molecule has 4 aliphatic rings. The predicted octanol–water partition coefficient (Wildman–Crippen LogP) is 5.35. The lowest BCUT2D eigenvalue weighted by atomic mass is 9.59. The molecule has 4 bridgehead atoms. The van der Waals surface area contributed by atoms with Crippen molar-refractivity contribution in [1.29, 1.82) is 0 Å². The van der Waals surface area contributed by atoms with Gasteiger partial charge in [-0.2, -0.15) is 0 Å². The first-order valence-corrected chi connectivity index (χ1v) is 12.9. The number of aromatic amines is 1. The van der Waals surface area contributed by atoms with Crippen LogP contribution in [0, 0.1) is 17.8 Å². The minimum Gasteiger partial charge on any atom is -0.348 e. The van der Waals surface area contributed by atoms with Crippen LogP contribution >= 0.6 is 0 Å². The lowest BCUT2D eigenvalue weighted by Gasteiger charge is -2.50. The Hall–Kier alpha value is -4.26. The molecular formula is C30H27N5O2. The van der Waals surface area contributed by atoms with Gasteiger partial charge in [0, 0.05) is 40.8 Å². The fourth-order valence-corrected chi connectivity index (χ4v) is 6.49. The van der Waals surface area contributed by atoms with E-state index in [4.69, 9.17) is 4.98 Å². The molecular weight excluding hydrogens is 462 g/mol. The largest absolute Gasteiger partial charge is 0.348 e. The van der Waals surface area contributed by atoms with E-state index in [1.165, 1.54) is 19.3 Å². The van der Waals surface area contributed by atoms with Crippen molar-refractivity contribution in [1.82, 2.24) is 20.3 Å². The van der Waals surface area contributed by atoms with Crippen molar-refractivity contribution in [2.45, 2.75) is 31.7 Å². The summed E-state index contributed by atoms with van der Waals surface area (Å²) in [6, 6.07) is 16.8. The van der Waals surface area contributed by atoms with E-state index in [-0.39, 0.29) is 17.9 Å². The number of H-pyrrole nitrogens is 1. The molecule has 1 unspecified atom stereocenters. The molecule has 0 aliphatic heterocycles. The number of allylic oxidation sites excluding steroid dienone is 1. The zero-order chi connectivity index (χ0) is 24.9. The van der Waals surface area contributed by atoms with E-state index in [0.29, 0.717) is 34.5 Å². The first-order chi connectivity index (χ1) is 18.1. The molecule has 0 saturated heterocycles. The van der Waals surface area contributed by atoms with Crippen LogP contribution in [0.3, 0.4) is 0 Å². The molecule has 2 fully saturated rings. The number of fused-ring (bicyclic) bond motifs is 1. The van der Waals surface area contributed by atoms with E-state index in [0.717, 1.165) is 28.9 Å². The van der Waals surface area contributed by atoms with E-state index in [2.05, 4.69) is 26.7 Å². The van der Waals surface area contributed by atoms with Crippen molar-refractivity contribution < 1.29 is 9.59 Å². The van der Waals surface area contributed by atoms with Gasteiger partial charge >= 0.3 is 0 Å². The Labute approximate surface area is 214 Å². The summed E-state index contributed by atoms with van der Waals surface area (Å²) in [6.07, 6.45) is 10.5. The first-order valence-electron chi connectivity index (χ1n) is 12.9. The fraction of sp³-hybridized carbons (Fsp3) is 0.267. The molecule has 7 heteroatoms. The van der Waals surface area contributed by atoms with Crippen molar-refractivity contribution in [3.05, 3.63) is 89.8 Å². The predicted molar refractivity (Wildman–Crippen MR) is 142 cm³/mol. The summed E-state index contributed by atoms with van der Waals surface area (Å²) in [5, 5.41) is 6.25. The number of rotatable bonds is 5. The molecule has 8 rings (SSSR count). The molecule has 4 aliphatic carbocycles. The van der Waals surface area contributed by atoms with Crippen LogP contribution in [0.1, 0.15) is 46.4 Å². The average molecular weight is 490 g/mol. The van der Waals surface area contributed by atoms with Crippen LogP contribution in [0.15, 0.2) is 78.6 Å². The summed E-state index contributed by atoms with van der Waals surface area (Å²) >= 11 is 0. The number of hydrogen-bond donors (Lipinski definition) is 3. The van der Waals surface area contributed by atoms with E-state index in [1.54, 1.807) is 30.1 Å². The molecule has 3 N–H and O–H groups in total. The minimum absolute atomic E-state index is 0.0170. The molecule has 184 valence electrons. The zero-order valence-electron chi connectivity index (χ0n) is 20.3. The van der Waals surface area contributed by atoms with Crippen molar-refractivity contribution in [3.63, 3.8) is 0 Å². The van der Waals surface area contributed by atoms with Crippen LogP contribution < -0.4 is 10.6 Å². The number of amides is 2. The molecule has 37 heavy (non-hydrogen) atoms. The molecule has 2 aromatic carbocycles. The van der Waals surface area contributed by atoms with Crippen molar-refractivity contribution >= 4 is 28.5 Å². The van der Waals surface area contributed by atoms with Gasteiger partial charge in [-0.3, -0.25) is 14.6 Å². The fourth-order valence-electron chi connectivity index (χ4n) is 6.49. The number of imidazole rings is 1. The molecule has 0 spiro atoms. The maximum Gasteiger partial charge on any atom is 0.255 e. The third-order valence-corrected chi connectivity index (χ3v) is 8.14. The van der Waals surface area contributed by atoms with Gasteiger partial charge < -0.3 is 15.6 Å². The number of nitrogens with zero attached hydrogens (tertiary/aromatic N) is 2. The molecule has 0 radical (unpaired) electrons. The van der Waals surface area contributed by atoms with Gasteiger partial charge in [0.15, 0.2) is 0 Å². The van der Waals surface area contributed by atoms with Crippen LogP contribution in [0.4, 0.5) is 5.69 Å². The van der Waals surface area contributed by atoms with Gasteiger partial charge in [-0.25, -0.2) is 4.98 Å². The quantitative estimate of drug-likeness (QED) is 0.329. The normalized spacial score (nSPS) is 23.6. The molecule has 2 aromatic heterocycles. The summed E-state index contributed by atoms with van der Waals surface area (Å²) in [6.45, 7) is 0. The van der Waals surface area contributed by atoms with Crippen molar-refractivity contribution in [2.75, 3.05) is 5.32 Å². The van der Waals surface area contributed by atoms with Crippen LogP contribution in [0.2, 0.25) is 0 Å². The highest BCUT2D eigenvalue weighted by Crippen LogP contribution is 2.50. The van der Waals surface area contributed by atoms with E-state index < -0.39 is 0 Å². The lowest BCUT2D eigenvalue weighted by molar-refractivity contribution is 0.0781. The maximum atomic E-state index is 13.2. The van der Waals surface area contributed by atoms with Crippen LogP contribution in [-0.2, 0) is 0 Å². The van der Waals surface area contributed by atoms with Crippen LogP contribution in [0.25, 0.3) is 22.4 Å². The zero-order valence-corrected chi connectivity index (χ0v) is 20.3. The number of carbonyl (C=O) groups excluding carboxylic acids is 2. The van der Waals surface area contributed by atoms with Crippen LogP contribution in [-0.4, -0.2) is 32.8 Å². The van der Waals surface area contributed by atoms with Gasteiger partial charge in [-0.1, -0.05) is 11.6 Å². The van der Waals surface area contributed by atoms with E-state index in [9.17, 15) is 9.59 Å². The van der Waals surface area contributed by atoms with E-state index in [1.807, 2.05) is 42.5 Å². The Balaban J connectivity index is 1.06. The number of hydrogen-bond acceptors (Lipinski definition) is 4. The number of pyridine rings is 1. The molecule has 7 nitrogen and oxygen atoms in total. The number of benzene rings is 2.